The SMILES string of the molecule is CCCNC(=O)C(C)N(CCN)CCOC. The van der Waals surface area contributed by atoms with Crippen molar-refractivity contribution >= 4 is 5.91 Å². The van der Waals surface area contributed by atoms with E-state index in [9.17, 15) is 4.79 Å². The molecule has 5 nitrogen and oxygen atoms in total. The molecule has 1 unspecified atom stereocenters. The summed E-state index contributed by atoms with van der Waals surface area (Å²) in [4.78, 5) is 13.8. The van der Waals surface area contributed by atoms with Gasteiger partial charge < -0.3 is 15.8 Å². The highest BCUT2D eigenvalue weighted by Crippen LogP contribution is 1.98. The molecule has 0 aromatic heterocycles. The van der Waals surface area contributed by atoms with Crippen molar-refractivity contribution in [2.75, 3.05) is 39.9 Å². The third kappa shape index (κ3) is 6.05. The third-order valence-corrected chi connectivity index (χ3v) is 2.48. The molecule has 0 bridgehead atoms. The number of rotatable bonds is 9. The van der Waals surface area contributed by atoms with Gasteiger partial charge in [-0.15, -0.1) is 0 Å². The van der Waals surface area contributed by atoms with Crippen LogP contribution in [0, 0.1) is 0 Å². The summed E-state index contributed by atoms with van der Waals surface area (Å²) in [6.07, 6.45) is 0.952. The van der Waals surface area contributed by atoms with Crippen molar-refractivity contribution in [3.05, 3.63) is 0 Å². The molecule has 0 aliphatic rings. The van der Waals surface area contributed by atoms with Gasteiger partial charge in [0.2, 0.25) is 5.91 Å². The quantitative estimate of drug-likeness (QED) is 0.577. The van der Waals surface area contributed by atoms with Gasteiger partial charge in [-0.05, 0) is 13.3 Å². The lowest BCUT2D eigenvalue weighted by Crippen LogP contribution is -2.48. The van der Waals surface area contributed by atoms with E-state index in [1.54, 1.807) is 7.11 Å². The zero-order chi connectivity index (χ0) is 12.4. The van der Waals surface area contributed by atoms with Gasteiger partial charge in [-0.25, -0.2) is 0 Å². The van der Waals surface area contributed by atoms with Crippen LogP contribution in [0.2, 0.25) is 0 Å². The molecule has 0 aliphatic carbocycles. The first-order valence-corrected chi connectivity index (χ1v) is 5.88. The summed E-state index contributed by atoms with van der Waals surface area (Å²) >= 11 is 0. The van der Waals surface area contributed by atoms with Gasteiger partial charge in [0.25, 0.3) is 0 Å². The number of hydrogen-bond acceptors (Lipinski definition) is 4. The van der Waals surface area contributed by atoms with Crippen molar-refractivity contribution in [1.29, 1.82) is 0 Å². The Balaban J connectivity index is 4.12. The van der Waals surface area contributed by atoms with Gasteiger partial charge >= 0.3 is 0 Å². The molecule has 0 aromatic rings. The first-order chi connectivity index (χ1) is 7.67. The van der Waals surface area contributed by atoms with Crippen LogP contribution in [0.1, 0.15) is 20.3 Å². The van der Waals surface area contributed by atoms with E-state index >= 15 is 0 Å². The molecule has 0 heterocycles. The first kappa shape index (κ1) is 15.3. The Morgan fingerprint density at radius 3 is 2.69 bits per heavy atom. The highest BCUT2D eigenvalue weighted by atomic mass is 16.5. The van der Waals surface area contributed by atoms with Crippen LogP contribution in [0.5, 0.6) is 0 Å². The summed E-state index contributed by atoms with van der Waals surface area (Å²) in [5.41, 5.74) is 5.53. The number of amides is 1. The zero-order valence-corrected chi connectivity index (χ0v) is 10.7. The predicted molar refractivity (Wildman–Crippen MR) is 65.3 cm³/mol. The van der Waals surface area contributed by atoms with E-state index in [0.29, 0.717) is 19.7 Å². The number of ether oxygens (including phenoxy) is 1. The summed E-state index contributed by atoms with van der Waals surface area (Å²) < 4.78 is 5.02. The molecule has 1 amide bonds. The molecule has 0 fully saturated rings. The van der Waals surface area contributed by atoms with Crippen LogP contribution in [0.4, 0.5) is 0 Å². The van der Waals surface area contributed by atoms with Crippen molar-refractivity contribution in [1.82, 2.24) is 10.2 Å². The molecule has 0 aromatic carbocycles. The van der Waals surface area contributed by atoms with Gasteiger partial charge in [0.05, 0.1) is 12.6 Å². The largest absolute Gasteiger partial charge is 0.383 e. The second-order valence-corrected chi connectivity index (χ2v) is 3.78. The number of nitrogens with zero attached hydrogens (tertiary/aromatic N) is 1. The molecule has 3 N–H and O–H groups in total. The number of carbonyl (C=O) groups excluding carboxylic acids is 1. The second kappa shape index (κ2) is 9.57. The van der Waals surface area contributed by atoms with Crippen LogP contribution in [-0.2, 0) is 9.53 Å². The minimum absolute atomic E-state index is 0.0615. The summed E-state index contributed by atoms with van der Waals surface area (Å²) in [6, 6.07) is -0.148. The Bertz CT molecular complexity index is 188. The molecule has 0 spiro atoms. The van der Waals surface area contributed by atoms with E-state index in [4.69, 9.17) is 10.5 Å². The number of nitrogens with one attached hydrogen (secondary N) is 1. The minimum Gasteiger partial charge on any atom is -0.383 e. The van der Waals surface area contributed by atoms with E-state index in [0.717, 1.165) is 19.5 Å². The highest BCUT2D eigenvalue weighted by molar-refractivity contribution is 5.81. The molecule has 0 saturated heterocycles. The van der Waals surface area contributed by atoms with E-state index in [2.05, 4.69) is 5.32 Å². The molecule has 96 valence electrons. The Labute approximate surface area is 98.3 Å². The van der Waals surface area contributed by atoms with E-state index < -0.39 is 0 Å². The first-order valence-electron chi connectivity index (χ1n) is 5.88. The van der Waals surface area contributed by atoms with Crippen molar-refractivity contribution in [3.63, 3.8) is 0 Å². The minimum atomic E-state index is -0.148. The smallest absolute Gasteiger partial charge is 0.237 e. The average molecular weight is 231 g/mol. The molecule has 0 rings (SSSR count). The van der Waals surface area contributed by atoms with Gasteiger partial charge in [0.15, 0.2) is 0 Å². The third-order valence-electron chi connectivity index (χ3n) is 2.48. The molecular formula is C11H25N3O2. The molecule has 16 heavy (non-hydrogen) atoms. The van der Waals surface area contributed by atoms with Crippen molar-refractivity contribution in [3.8, 4) is 0 Å². The number of nitrogens with two attached hydrogens (primary N) is 1. The summed E-state index contributed by atoms with van der Waals surface area (Å²) in [7, 11) is 1.66. The lowest BCUT2D eigenvalue weighted by Gasteiger charge is -2.27. The maximum Gasteiger partial charge on any atom is 0.237 e. The van der Waals surface area contributed by atoms with Crippen molar-refractivity contribution in [2.45, 2.75) is 26.3 Å². The lowest BCUT2D eigenvalue weighted by molar-refractivity contribution is -0.126. The number of carbonyl (C=O) groups is 1. The topological polar surface area (TPSA) is 67.6 Å². The molecule has 1 atom stereocenters. The van der Waals surface area contributed by atoms with Gasteiger partial charge in [-0.1, -0.05) is 6.92 Å². The van der Waals surface area contributed by atoms with Gasteiger partial charge in [-0.2, -0.15) is 0 Å². The fourth-order valence-electron chi connectivity index (χ4n) is 1.44. The summed E-state index contributed by atoms with van der Waals surface area (Å²) in [5, 5.41) is 2.89. The molecule has 0 radical (unpaired) electrons. The lowest BCUT2D eigenvalue weighted by atomic mass is 10.2. The van der Waals surface area contributed by atoms with Crippen LogP contribution in [0.15, 0.2) is 0 Å². The van der Waals surface area contributed by atoms with Crippen molar-refractivity contribution in [2.24, 2.45) is 5.73 Å². The summed E-state index contributed by atoms with van der Waals surface area (Å²) in [5.74, 6) is 0.0615. The van der Waals surface area contributed by atoms with Gasteiger partial charge in [0.1, 0.15) is 0 Å². The number of methoxy groups -OCH3 is 1. The highest BCUT2D eigenvalue weighted by Gasteiger charge is 2.19. The average Bonchev–Trinajstić information content (AvgIpc) is 2.30. The van der Waals surface area contributed by atoms with E-state index in [1.807, 2.05) is 18.7 Å². The fraction of sp³-hybridized carbons (Fsp3) is 0.909. The van der Waals surface area contributed by atoms with Gasteiger partial charge in [-0.3, -0.25) is 9.69 Å². The zero-order valence-electron chi connectivity index (χ0n) is 10.7. The van der Waals surface area contributed by atoms with E-state index in [1.165, 1.54) is 0 Å². The standard InChI is InChI=1S/C11H25N3O2/c1-4-6-13-11(15)10(2)14(7-5-12)8-9-16-3/h10H,4-9,12H2,1-3H3,(H,13,15). The molecule has 0 aliphatic heterocycles. The Hall–Kier alpha value is -0.650. The Kier molecular flexibility index (Phi) is 9.18. The van der Waals surface area contributed by atoms with Crippen LogP contribution < -0.4 is 11.1 Å². The monoisotopic (exact) mass is 231 g/mol. The maximum atomic E-state index is 11.7. The van der Waals surface area contributed by atoms with Crippen molar-refractivity contribution < 1.29 is 9.53 Å². The Morgan fingerprint density at radius 2 is 2.19 bits per heavy atom. The predicted octanol–water partition coefficient (Wildman–Crippen LogP) is -0.192. The maximum absolute atomic E-state index is 11.7. The van der Waals surface area contributed by atoms with Crippen LogP contribution in [-0.4, -0.2) is 56.7 Å². The van der Waals surface area contributed by atoms with Crippen LogP contribution in [0.25, 0.3) is 0 Å². The van der Waals surface area contributed by atoms with E-state index in [-0.39, 0.29) is 11.9 Å². The fourth-order valence-corrected chi connectivity index (χ4v) is 1.44. The normalized spacial score (nSPS) is 12.8. The van der Waals surface area contributed by atoms with Gasteiger partial charge in [0, 0.05) is 33.3 Å². The Morgan fingerprint density at radius 1 is 1.50 bits per heavy atom. The molecular weight excluding hydrogens is 206 g/mol. The molecule has 0 saturated carbocycles. The van der Waals surface area contributed by atoms with Crippen LogP contribution >= 0.6 is 0 Å². The summed E-state index contributed by atoms with van der Waals surface area (Å²) in [6.45, 7) is 7.27. The van der Waals surface area contributed by atoms with Crippen LogP contribution in [0.3, 0.4) is 0 Å². The second-order valence-electron chi connectivity index (χ2n) is 3.78. The number of hydrogen-bond donors (Lipinski definition) is 2. The molecule has 5 heteroatoms.